The van der Waals surface area contributed by atoms with Gasteiger partial charge in [0.25, 0.3) is 0 Å². The van der Waals surface area contributed by atoms with Crippen molar-refractivity contribution >= 4 is 6.29 Å². The molecule has 2 nitrogen and oxygen atoms in total. The normalized spacial score (nSPS) is 22.1. The van der Waals surface area contributed by atoms with E-state index < -0.39 is 0 Å². The van der Waals surface area contributed by atoms with Gasteiger partial charge in [0.15, 0.2) is 0 Å². The van der Waals surface area contributed by atoms with Gasteiger partial charge in [0.2, 0.25) is 0 Å². The molecule has 0 radical (unpaired) electrons. The van der Waals surface area contributed by atoms with Crippen molar-refractivity contribution in [3.05, 3.63) is 47.5 Å². The summed E-state index contributed by atoms with van der Waals surface area (Å²) in [4.78, 5) is 10.8. The van der Waals surface area contributed by atoms with Crippen molar-refractivity contribution in [2.24, 2.45) is 0 Å². The van der Waals surface area contributed by atoms with Crippen molar-refractivity contribution in [2.75, 3.05) is 6.54 Å². The van der Waals surface area contributed by atoms with Gasteiger partial charge in [-0.1, -0.05) is 42.0 Å². The summed E-state index contributed by atoms with van der Waals surface area (Å²) >= 11 is 0. The van der Waals surface area contributed by atoms with Gasteiger partial charge in [-0.25, -0.2) is 0 Å². The Morgan fingerprint density at radius 3 is 2.84 bits per heavy atom. The first-order valence-corrected chi connectivity index (χ1v) is 7.29. The van der Waals surface area contributed by atoms with Crippen LogP contribution < -0.4 is 5.32 Å². The molecule has 1 aromatic carbocycles. The molecule has 1 N–H and O–H groups in total. The van der Waals surface area contributed by atoms with E-state index in [0.29, 0.717) is 0 Å². The van der Waals surface area contributed by atoms with E-state index in [1.54, 1.807) is 0 Å². The van der Waals surface area contributed by atoms with Crippen molar-refractivity contribution < 1.29 is 4.79 Å². The Morgan fingerprint density at radius 2 is 2.05 bits per heavy atom. The zero-order valence-corrected chi connectivity index (χ0v) is 11.5. The number of rotatable bonds is 5. The molecule has 1 unspecified atom stereocenters. The summed E-state index contributed by atoms with van der Waals surface area (Å²) in [6.45, 7) is 0.938. The number of benzene rings is 1. The second-order valence-corrected chi connectivity index (χ2v) is 5.23. The average Bonchev–Trinajstić information content (AvgIpc) is 2.70. The third-order valence-corrected chi connectivity index (χ3v) is 3.74. The summed E-state index contributed by atoms with van der Waals surface area (Å²) in [6.07, 6.45) is 10.1. The molecule has 1 aromatic rings. The fourth-order valence-corrected chi connectivity index (χ4v) is 2.56. The molecule has 0 spiro atoms. The summed E-state index contributed by atoms with van der Waals surface area (Å²) in [5, 5.41) is 3.27. The largest absolute Gasteiger partial charge is 0.307 e. The van der Waals surface area contributed by atoms with Gasteiger partial charge < -0.3 is 10.1 Å². The Bertz CT molecular complexity index is 411. The Hall–Kier alpha value is -1.41. The minimum atomic E-state index is 0.0650. The van der Waals surface area contributed by atoms with Crippen LogP contribution in [0.15, 0.2) is 42.0 Å². The van der Waals surface area contributed by atoms with Crippen molar-refractivity contribution in [3.8, 4) is 0 Å². The predicted octanol–water partition coefficient (Wildman–Crippen LogP) is 3.28. The molecule has 0 bridgehead atoms. The second-order valence-electron chi connectivity index (χ2n) is 5.23. The zero-order chi connectivity index (χ0) is 13.3. The van der Waals surface area contributed by atoms with Crippen LogP contribution in [0.2, 0.25) is 0 Å². The van der Waals surface area contributed by atoms with Gasteiger partial charge in [-0.2, -0.15) is 0 Å². The van der Waals surface area contributed by atoms with E-state index in [0.717, 1.165) is 44.9 Å². The summed E-state index contributed by atoms with van der Waals surface area (Å²) in [5.41, 5.74) is 2.94. The summed E-state index contributed by atoms with van der Waals surface area (Å²) < 4.78 is 0. The van der Waals surface area contributed by atoms with Crippen molar-refractivity contribution in [3.63, 3.8) is 0 Å². The van der Waals surface area contributed by atoms with Gasteiger partial charge in [-0.3, -0.25) is 0 Å². The molecule has 1 saturated heterocycles. The standard InChI is InChI=1S/C17H23NO/c19-14-17-11-10-16(12-13-18-17)9-5-4-8-15-6-2-1-3-7-15/h1-3,6-7,9,14,17-18H,4-5,8,10-13H2/b16-9+. The van der Waals surface area contributed by atoms with E-state index in [1.807, 2.05) is 0 Å². The molecule has 1 fully saturated rings. The molecular weight excluding hydrogens is 234 g/mol. The fourth-order valence-electron chi connectivity index (χ4n) is 2.56. The number of carbonyl (C=O) groups is 1. The van der Waals surface area contributed by atoms with Crippen LogP contribution in [0.3, 0.4) is 0 Å². The van der Waals surface area contributed by atoms with Crippen molar-refractivity contribution in [2.45, 2.75) is 44.6 Å². The first kappa shape index (κ1) is 14.0. The van der Waals surface area contributed by atoms with E-state index in [2.05, 4.69) is 41.7 Å². The highest BCUT2D eigenvalue weighted by atomic mass is 16.1. The minimum absolute atomic E-state index is 0.0650. The SMILES string of the molecule is O=CC1CC/C(=C\CCCc2ccccc2)CCN1. The topological polar surface area (TPSA) is 29.1 Å². The lowest BCUT2D eigenvalue weighted by Crippen LogP contribution is -2.29. The van der Waals surface area contributed by atoms with Gasteiger partial charge in [-0.05, 0) is 50.6 Å². The van der Waals surface area contributed by atoms with Gasteiger partial charge in [0.1, 0.15) is 6.29 Å². The summed E-state index contributed by atoms with van der Waals surface area (Å²) in [7, 11) is 0. The van der Waals surface area contributed by atoms with Crippen LogP contribution in [-0.2, 0) is 11.2 Å². The molecule has 0 saturated carbocycles. The van der Waals surface area contributed by atoms with Gasteiger partial charge in [-0.15, -0.1) is 0 Å². The highest BCUT2D eigenvalue weighted by Gasteiger charge is 2.12. The van der Waals surface area contributed by atoms with Crippen LogP contribution in [0.25, 0.3) is 0 Å². The third kappa shape index (κ3) is 4.99. The molecule has 0 amide bonds. The van der Waals surface area contributed by atoms with Gasteiger partial charge >= 0.3 is 0 Å². The molecule has 102 valence electrons. The van der Waals surface area contributed by atoms with Crippen LogP contribution in [0.4, 0.5) is 0 Å². The Balaban J connectivity index is 1.72. The second kappa shape index (κ2) is 7.90. The molecular formula is C17H23NO. The van der Waals surface area contributed by atoms with Gasteiger partial charge in [0.05, 0.1) is 6.04 Å². The number of nitrogens with one attached hydrogen (secondary N) is 1. The van der Waals surface area contributed by atoms with Crippen molar-refractivity contribution in [1.82, 2.24) is 5.32 Å². The van der Waals surface area contributed by atoms with Gasteiger partial charge in [0, 0.05) is 0 Å². The molecule has 2 heteroatoms. The maximum Gasteiger partial charge on any atom is 0.136 e. The Kier molecular flexibility index (Phi) is 5.83. The molecule has 1 atom stereocenters. The van der Waals surface area contributed by atoms with Crippen LogP contribution in [0.5, 0.6) is 0 Å². The molecule has 2 rings (SSSR count). The maximum atomic E-state index is 10.8. The first-order chi connectivity index (χ1) is 9.38. The highest BCUT2D eigenvalue weighted by molar-refractivity contribution is 5.57. The van der Waals surface area contributed by atoms with E-state index in [1.165, 1.54) is 17.6 Å². The molecule has 1 aliphatic heterocycles. The Morgan fingerprint density at radius 1 is 1.21 bits per heavy atom. The number of carbonyl (C=O) groups excluding carboxylic acids is 1. The third-order valence-electron chi connectivity index (χ3n) is 3.74. The maximum absolute atomic E-state index is 10.8. The van der Waals surface area contributed by atoms with E-state index in [4.69, 9.17) is 0 Å². The molecule has 0 aromatic heterocycles. The quantitative estimate of drug-likeness (QED) is 0.498. The Labute approximate surface area is 115 Å². The lowest BCUT2D eigenvalue weighted by Gasteiger charge is -2.05. The summed E-state index contributed by atoms with van der Waals surface area (Å²) in [6, 6.07) is 10.7. The highest BCUT2D eigenvalue weighted by Crippen LogP contribution is 2.16. The van der Waals surface area contributed by atoms with E-state index in [-0.39, 0.29) is 6.04 Å². The molecule has 0 aliphatic carbocycles. The minimum Gasteiger partial charge on any atom is -0.307 e. The average molecular weight is 257 g/mol. The molecule has 1 heterocycles. The van der Waals surface area contributed by atoms with Crippen molar-refractivity contribution in [1.29, 1.82) is 0 Å². The number of hydrogen-bond donors (Lipinski definition) is 1. The number of aldehydes is 1. The molecule has 1 aliphatic rings. The predicted molar refractivity (Wildman–Crippen MR) is 79.2 cm³/mol. The lowest BCUT2D eigenvalue weighted by molar-refractivity contribution is -0.109. The van der Waals surface area contributed by atoms with E-state index >= 15 is 0 Å². The van der Waals surface area contributed by atoms with Crippen LogP contribution in [0.1, 0.15) is 37.7 Å². The number of allylic oxidation sites excluding steroid dienone is 1. The number of hydrogen-bond acceptors (Lipinski definition) is 2. The van der Waals surface area contributed by atoms with E-state index in [9.17, 15) is 4.79 Å². The monoisotopic (exact) mass is 257 g/mol. The van der Waals surface area contributed by atoms with Crippen LogP contribution >= 0.6 is 0 Å². The van der Waals surface area contributed by atoms with Crippen LogP contribution in [-0.4, -0.2) is 18.9 Å². The molecule has 19 heavy (non-hydrogen) atoms. The first-order valence-electron chi connectivity index (χ1n) is 7.29. The summed E-state index contributed by atoms with van der Waals surface area (Å²) in [5.74, 6) is 0. The fraction of sp³-hybridized carbons (Fsp3) is 0.471. The lowest BCUT2D eigenvalue weighted by atomic mass is 10.0. The number of unbranched alkanes of at least 4 members (excludes halogenated alkanes) is 1. The zero-order valence-electron chi connectivity index (χ0n) is 11.5. The number of aryl methyl sites for hydroxylation is 1. The van der Waals surface area contributed by atoms with Crippen LogP contribution in [0, 0.1) is 0 Å². The smallest absolute Gasteiger partial charge is 0.136 e.